The molecule has 3 heteroatoms. The van der Waals surface area contributed by atoms with Crippen molar-refractivity contribution in [3.63, 3.8) is 0 Å². The first kappa shape index (κ1) is 7.88. The topological polar surface area (TPSA) is 54.4 Å². The third kappa shape index (κ3) is 3.46. The fraction of sp³-hybridized carbons (Fsp3) is 0.333. The van der Waals surface area contributed by atoms with Crippen LogP contribution in [-0.4, -0.2) is 17.7 Å². The summed E-state index contributed by atoms with van der Waals surface area (Å²) in [7, 11) is 0. The van der Waals surface area contributed by atoms with Gasteiger partial charge in [-0.2, -0.15) is 0 Å². The Morgan fingerprint density at radius 1 is 1.44 bits per heavy atom. The molecule has 0 unspecified atom stereocenters. The number of hydrogen-bond acceptors (Lipinski definition) is 3. The Hall–Kier alpha value is -1.12. The van der Waals surface area contributed by atoms with Gasteiger partial charge in [-0.15, -0.1) is 0 Å². The van der Waals surface area contributed by atoms with E-state index in [1.165, 1.54) is 0 Å². The maximum absolute atomic E-state index is 9.90. The Bertz CT molecular complexity index is 126. The SMILES string of the molecule is O=CCC/C(C=O)=C\O. The molecule has 0 spiro atoms. The molecular formula is C6H8O3. The maximum Gasteiger partial charge on any atom is 0.149 e. The van der Waals surface area contributed by atoms with Crippen molar-refractivity contribution >= 4 is 12.6 Å². The summed E-state index contributed by atoms with van der Waals surface area (Å²) in [5.41, 5.74) is 0.252. The summed E-state index contributed by atoms with van der Waals surface area (Å²) in [4.78, 5) is 19.6. The highest BCUT2D eigenvalue weighted by Crippen LogP contribution is 1.97. The van der Waals surface area contributed by atoms with Crippen molar-refractivity contribution in [3.8, 4) is 0 Å². The molecule has 0 aliphatic rings. The number of aliphatic hydroxyl groups is 1. The van der Waals surface area contributed by atoms with Crippen molar-refractivity contribution < 1.29 is 14.7 Å². The highest BCUT2D eigenvalue weighted by Gasteiger charge is 1.92. The third-order valence-corrected chi connectivity index (χ3v) is 0.868. The zero-order chi connectivity index (χ0) is 7.11. The number of aliphatic hydroxyl groups excluding tert-OH is 1. The molecule has 0 aliphatic carbocycles. The van der Waals surface area contributed by atoms with Crippen molar-refractivity contribution in [1.82, 2.24) is 0 Å². The molecule has 0 rings (SSSR count). The quantitative estimate of drug-likeness (QED) is 0.343. The molecule has 0 aromatic rings. The second kappa shape index (κ2) is 5.03. The van der Waals surface area contributed by atoms with Crippen molar-refractivity contribution in [1.29, 1.82) is 0 Å². The lowest BCUT2D eigenvalue weighted by atomic mass is 10.2. The minimum absolute atomic E-state index is 0.252. The zero-order valence-corrected chi connectivity index (χ0v) is 4.91. The second-order valence-corrected chi connectivity index (χ2v) is 1.53. The van der Waals surface area contributed by atoms with Gasteiger partial charge in [0, 0.05) is 12.0 Å². The number of rotatable bonds is 4. The van der Waals surface area contributed by atoms with Crippen LogP contribution in [0.4, 0.5) is 0 Å². The lowest BCUT2D eigenvalue weighted by molar-refractivity contribution is -0.107. The summed E-state index contributed by atoms with van der Waals surface area (Å²) in [5, 5.41) is 8.24. The van der Waals surface area contributed by atoms with E-state index in [-0.39, 0.29) is 12.0 Å². The van der Waals surface area contributed by atoms with Gasteiger partial charge >= 0.3 is 0 Å². The first-order valence-electron chi connectivity index (χ1n) is 2.57. The Kier molecular flexibility index (Phi) is 4.40. The molecule has 50 valence electrons. The first-order valence-corrected chi connectivity index (χ1v) is 2.57. The van der Waals surface area contributed by atoms with Crippen LogP contribution in [0.5, 0.6) is 0 Å². The van der Waals surface area contributed by atoms with Crippen LogP contribution < -0.4 is 0 Å². The molecule has 1 N–H and O–H groups in total. The van der Waals surface area contributed by atoms with Crippen LogP contribution in [0.2, 0.25) is 0 Å². The van der Waals surface area contributed by atoms with Gasteiger partial charge in [-0.05, 0) is 6.42 Å². The fourth-order valence-electron chi connectivity index (χ4n) is 0.379. The van der Waals surface area contributed by atoms with Crippen molar-refractivity contribution in [3.05, 3.63) is 11.8 Å². The van der Waals surface area contributed by atoms with Gasteiger partial charge in [0.2, 0.25) is 0 Å². The van der Waals surface area contributed by atoms with Crippen molar-refractivity contribution in [2.24, 2.45) is 0 Å². The smallest absolute Gasteiger partial charge is 0.149 e. The molecule has 0 radical (unpaired) electrons. The van der Waals surface area contributed by atoms with Gasteiger partial charge in [0.05, 0.1) is 6.26 Å². The van der Waals surface area contributed by atoms with E-state index in [0.717, 1.165) is 6.26 Å². The van der Waals surface area contributed by atoms with Crippen molar-refractivity contribution in [2.45, 2.75) is 12.8 Å². The number of allylic oxidation sites excluding steroid dienone is 1. The highest BCUT2D eigenvalue weighted by molar-refractivity contribution is 5.73. The first-order chi connectivity index (χ1) is 4.35. The van der Waals surface area contributed by atoms with E-state index in [4.69, 9.17) is 5.11 Å². The van der Waals surface area contributed by atoms with E-state index in [9.17, 15) is 9.59 Å². The van der Waals surface area contributed by atoms with Crippen LogP contribution in [0.1, 0.15) is 12.8 Å². The normalized spacial score (nSPS) is 10.9. The Morgan fingerprint density at radius 2 is 2.11 bits per heavy atom. The average Bonchev–Trinajstić information content (AvgIpc) is 1.91. The molecule has 0 aromatic heterocycles. The van der Waals surface area contributed by atoms with E-state index in [2.05, 4.69) is 0 Å². The predicted octanol–water partition coefficient (Wildman–Crippen LogP) is 0.606. The molecular weight excluding hydrogens is 120 g/mol. The lowest BCUT2D eigenvalue weighted by Crippen LogP contribution is -1.85. The number of carbonyl (C=O) groups excluding carboxylic acids is 2. The van der Waals surface area contributed by atoms with Crippen LogP contribution in [0.3, 0.4) is 0 Å². The number of aldehydes is 2. The molecule has 0 heterocycles. The van der Waals surface area contributed by atoms with E-state index < -0.39 is 0 Å². The van der Waals surface area contributed by atoms with Gasteiger partial charge in [0.1, 0.15) is 12.6 Å². The standard InChI is InChI=1S/C6H8O3/c7-3-1-2-6(4-8)5-9/h3-5,8H,1-2H2/b6-4+. The maximum atomic E-state index is 9.90. The number of carbonyl (C=O) groups is 2. The van der Waals surface area contributed by atoms with Gasteiger partial charge in [-0.3, -0.25) is 4.79 Å². The average molecular weight is 128 g/mol. The van der Waals surface area contributed by atoms with Gasteiger partial charge in [0.15, 0.2) is 0 Å². The summed E-state index contributed by atoms with van der Waals surface area (Å²) >= 11 is 0. The van der Waals surface area contributed by atoms with Crippen LogP contribution in [0.15, 0.2) is 11.8 Å². The molecule has 0 bridgehead atoms. The molecule has 0 amide bonds. The lowest BCUT2D eigenvalue weighted by Gasteiger charge is -1.88. The largest absolute Gasteiger partial charge is 0.515 e. The summed E-state index contributed by atoms with van der Waals surface area (Å²) in [6, 6.07) is 0. The molecule has 0 saturated carbocycles. The third-order valence-electron chi connectivity index (χ3n) is 0.868. The monoisotopic (exact) mass is 128 g/mol. The summed E-state index contributed by atoms with van der Waals surface area (Å²) in [6.07, 6.45) is 2.56. The molecule has 3 nitrogen and oxygen atoms in total. The minimum atomic E-state index is 0.252. The predicted molar refractivity (Wildman–Crippen MR) is 32.1 cm³/mol. The fourth-order valence-corrected chi connectivity index (χ4v) is 0.379. The second-order valence-electron chi connectivity index (χ2n) is 1.53. The minimum Gasteiger partial charge on any atom is -0.515 e. The summed E-state index contributed by atoms with van der Waals surface area (Å²) in [6.45, 7) is 0. The zero-order valence-electron chi connectivity index (χ0n) is 4.91. The molecule has 0 atom stereocenters. The summed E-state index contributed by atoms with van der Waals surface area (Å²) in [5.74, 6) is 0. The molecule has 0 aromatic carbocycles. The Morgan fingerprint density at radius 3 is 2.44 bits per heavy atom. The van der Waals surface area contributed by atoms with E-state index in [1.54, 1.807) is 0 Å². The Balaban J connectivity index is 3.57. The van der Waals surface area contributed by atoms with Crippen molar-refractivity contribution in [2.75, 3.05) is 0 Å². The molecule has 0 fully saturated rings. The van der Waals surface area contributed by atoms with E-state index in [0.29, 0.717) is 19.0 Å². The van der Waals surface area contributed by atoms with E-state index in [1.807, 2.05) is 0 Å². The summed E-state index contributed by atoms with van der Waals surface area (Å²) < 4.78 is 0. The molecule has 0 aliphatic heterocycles. The van der Waals surface area contributed by atoms with Crippen LogP contribution in [0, 0.1) is 0 Å². The van der Waals surface area contributed by atoms with Crippen LogP contribution >= 0.6 is 0 Å². The van der Waals surface area contributed by atoms with Gasteiger partial charge < -0.3 is 9.90 Å². The van der Waals surface area contributed by atoms with E-state index >= 15 is 0 Å². The highest BCUT2D eigenvalue weighted by atomic mass is 16.2. The molecule has 0 saturated heterocycles. The Labute approximate surface area is 53.0 Å². The van der Waals surface area contributed by atoms with Crippen LogP contribution in [0.25, 0.3) is 0 Å². The van der Waals surface area contributed by atoms with Gasteiger partial charge in [-0.1, -0.05) is 0 Å². The number of hydrogen-bond donors (Lipinski definition) is 1. The van der Waals surface area contributed by atoms with Gasteiger partial charge in [-0.25, -0.2) is 0 Å². The molecule has 9 heavy (non-hydrogen) atoms. The van der Waals surface area contributed by atoms with Crippen LogP contribution in [-0.2, 0) is 9.59 Å². The van der Waals surface area contributed by atoms with Gasteiger partial charge in [0.25, 0.3) is 0 Å².